The monoisotopic (exact) mass is 417 g/mol. The van der Waals surface area contributed by atoms with Gasteiger partial charge in [0.05, 0.1) is 17.6 Å². The fourth-order valence-corrected chi connectivity index (χ4v) is 3.13. The maximum atomic E-state index is 12.3. The highest BCUT2D eigenvalue weighted by molar-refractivity contribution is 7.90. The van der Waals surface area contributed by atoms with Crippen molar-refractivity contribution >= 4 is 21.4 Å². The standard InChI is InChI=1S/C16H11ClF3N3O3S/c1-27(24,25)13-7-4-11(8-21-13)23-9-22-15(17)14(23)10-2-5-12(6-3-10)26-16(18,19)20/h2-9H,1H3. The second-order valence-electron chi connectivity index (χ2n) is 5.45. The molecule has 0 unspecified atom stereocenters. The summed E-state index contributed by atoms with van der Waals surface area (Å²) < 4.78 is 65.2. The molecule has 0 saturated heterocycles. The molecule has 0 atom stereocenters. The molecule has 11 heteroatoms. The van der Waals surface area contributed by atoms with E-state index in [-0.39, 0.29) is 15.9 Å². The van der Waals surface area contributed by atoms with Gasteiger partial charge < -0.3 is 4.74 Å². The van der Waals surface area contributed by atoms with E-state index in [4.69, 9.17) is 11.6 Å². The van der Waals surface area contributed by atoms with Crippen LogP contribution in [-0.4, -0.2) is 35.6 Å². The van der Waals surface area contributed by atoms with E-state index in [2.05, 4.69) is 14.7 Å². The van der Waals surface area contributed by atoms with Gasteiger partial charge in [0.25, 0.3) is 0 Å². The minimum atomic E-state index is -4.78. The molecule has 142 valence electrons. The lowest BCUT2D eigenvalue weighted by Crippen LogP contribution is -2.16. The van der Waals surface area contributed by atoms with Gasteiger partial charge >= 0.3 is 6.36 Å². The first-order valence-electron chi connectivity index (χ1n) is 7.30. The van der Waals surface area contributed by atoms with Gasteiger partial charge in [-0.3, -0.25) is 4.57 Å². The molecule has 2 aromatic heterocycles. The van der Waals surface area contributed by atoms with Crippen LogP contribution >= 0.6 is 11.6 Å². The summed E-state index contributed by atoms with van der Waals surface area (Å²) in [6.07, 6.45) is -1.01. The van der Waals surface area contributed by atoms with Gasteiger partial charge in [0, 0.05) is 11.8 Å². The Balaban J connectivity index is 1.98. The number of nitrogens with zero attached hydrogens (tertiary/aromatic N) is 3. The Hall–Kier alpha value is -2.59. The molecule has 0 aliphatic carbocycles. The zero-order valence-electron chi connectivity index (χ0n) is 13.6. The summed E-state index contributed by atoms with van der Waals surface area (Å²) >= 11 is 6.12. The van der Waals surface area contributed by atoms with Crippen LogP contribution in [0.1, 0.15) is 0 Å². The fraction of sp³-hybridized carbons (Fsp3) is 0.125. The molecule has 0 bridgehead atoms. The lowest BCUT2D eigenvalue weighted by atomic mass is 10.1. The van der Waals surface area contributed by atoms with Crippen LogP contribution < -0.4 is 4.74 Å². The van der Waals surface area contributed by atoms with Gasteiger partial charge in [-0.1, -0.05) is 11.6 Å². The number of hydrogen-bond donors (Lipinski definition) is 0. The van der Waals surface area contributed by atoms with Crippen molar-refractivity contribution in [2.24, 2.45) is 0 Å². The lowest BCUT2D eigenvalue weighted by molar-refractivity contribution is -0.274. The lowest BCUT2D eigenvalue weighted by Gasteiger charge is -2.11. The summed E-state index contributed by atoms with van der Waals surface area (Å²) in [5, 5.41) is 0.0272. The molecule has 0 amide bonds. The van der Waals surface area contributed by atoms with Crippen LogP contribution in [0.2, 0.25) is 5.15 Å². The van der Waals surface area contributed by atoms with Crippen molar-refractivity contribution in [2.45, 2.75) is 11.4 Å². The number of sulfone groups is 1. The number of aromatic nitrogens is 3. The van der Waals surface area contributed by atoms with Gasteiger partial charge in [-0.05, 0) is 36.4 Å². The summed E-state index contributed by atoms with van der Waals surface area (Å²) in [6, 6.07) is 7.97. The quantitative estimate of drug-likeness (QED) is 0.644. The van der Waals surface area contributed by atoms with Gasteiger partial charge in [0.1, 0.15) is 12.1 Å². The molecule has 0 N–H and O–H groups in total. The van der Waals surface area contributed by atoms with Gasteiger partial charge in [0.2, 0.25) is 0 Å². The van der Waals surface area contributed by atoms with Gasteiger partial charge in [-0.2, -0.15) is 0 Å². The number of imidazole rings is 1. The van der Waals surface area contributed by atoms with E-state index in [1.807, 2.05) is 0 Å². The average molecular weight is 418 g/mol. The molecule has 3 aromatic rings. The van der Waals surface area contributed by atoms with Crippen molar-refractivity contribution in [3.63, 3.8) is 0 Å². The molecule has 0 radical (unpaired) electrons. The summed E-state index contributed by atoms with van der Waals surface area (Å²) in [7, 11) is -3.45. The fourth-order valence-electron chi connectivity index (χ4n) is 2.33. The normalized spacial score (nSPS) is 12.2. The van der Waals surface area contributed by atoms with Crippen molar-refractivity contribution in [2.75, 3.05) is 6.26 Å². The largest absolute Gasteiger partial charge is 0.573 e. The highest BCUT2D eigenvalue weighted by atomic mass is 35.5. The SMILES string of the molecule is CS(=O)(=O)c1ccc(-n2cnc(Cl)c2-c2ccc(OC(F)(F)F)cc2)cn1. The van der Waals surface area contributed by atoms with Crippen molar-refractivity contribution in [3.05, 3.63) is 54.1 Å². The number of rotatable bonds is 4. The smallest absolute Gasteiger partial charge is 0.406 e. The number of hydrogen-bond acceptors (Lipinski definition) is 5. The van der Waals surface area contributed by atoms with E-state index in [1.165, 1.54) is 36.8 Å². The average Bonchev–Trinajstić information content (AvgIpc) is 2.95. The molecule has 0 aliphatic heterocycles. The summed E-state index contributed by atoms with van der Waals surface area (Å²) in [5.41, 5.74) is 1.37. The minimum Gasteiger partial charge on any atom is -0.406 e. The van der Waals surface area contributed by atoms with E-state index >= 15 is 0 Å². The van der Waals surface area contributed by atoms with E-state index in [9.17, 15) is 21.6 Å². The van der Waals surface area contributed by atoms with Crippen LogP contribution in [-0.2, 0) is 9.84 Å². The Morgan fingerprint density at radius 3 is 2.26 bits per heavy atom. The van der Waals surface area contributed by atoms with Crippen LogP contribution in [0.15, 0.2) is 53.9 Å². The molecule has 0 fully saturated rings. The van der Waals surface area contributed by atoms with Crippen molar-refractivity contribution in [1.82, 2.24) is 14.5 Å². The molecule has 0 aliphatic rings. The third-order valence-electron chi connectivity index (χ3n) is 3.46. The summed E-state index contributed by atoms with van der Waals surface area (Å²) in [6.45, 7) is 0. The summed E-state index contributed by atoms with van der Waals surface area (Å²) in [4.78, 5) is 7.89. The Kier molecular flexibility index (Phi) is 4.87. The van der Waals surface area contributed by atoms with Crippen LogP contribution in [0.4, 0.5) is 13.2 Å². The Bertz CT molecular complexity index is 1060. The van der Waals surface area contributed by atoms with E-state index in [1.54, 1.807) is 4.57 Å². The van der Waals surface area contributed by atoms with E-state index < -0.39 is 16.2 Å². The van der Waals surface area contributed by atoms with Crippen LogP contribution in [0.3, 0.4) is 0 Å². The molecule has 3 rings (SSSR count). The molecule has 1 aromatic carbocycles. The van der Waals surface area contributed by atoms with Crippen LogP contribution in [0, 0.1) is 0 Å². The maximum Gasteiger partial charge on any atom is 0.573 e. The predicted molar refractivity (Wildman–Crippen MR) is 91.6 cm³/mol. The minimum absolute atomic E-state index is 0.0901. The Morgan fingerprint density at radius 2 is 1.74 bits per heavy atom. The van der Waals surface area contributed by atoms with Crippen molar-refractivity contribution < 1.29 is 26.3 Å². The molecule has 27 heavy (non-hydrogen) atoms. The first-order valence-corrected chi connectivity index (χ1v) is 9.57. The van der Waals surface area contributed by atoms with Crippen LogP contribution in [0.5, 0.6) is 5.75 Å². The highest BCUT2D eigenvalue weighted by Gasteiger charge is 2.31. The topological polar surface area (TPSA) is 74.1 Å². The van der Waals surface area contributed by atoms with Crippen molar-refractivity contribution in [1.29, 1.82) is 0 Å². The zero-order chi connectivity index (χ0) is 19.8. The van der Waals surface area contributed by atoms with Crippen molar-refractivity contribution in [3.8, 4) is 22.7 Å². The predicted octanol–water partition coefficient (Wildman–Crippen LogP) is 3.89. The second-order valence-corrected chi connectivity index (χ2v) is 7.77. The number of ether oxygens (including phenoxy) is 1. The highest BCUT2D eigenvalue weighted by Crippen LogP contribution is 2.32. The van der Waals surface area contributed by atoms with E-state index in [0.29, 0.717) is 16.9 Å². The molecule has 2 heterocycles. The van der Waals surface area contributed by atoms with Gasteiger partial charge in [0.15, 0.2) is 20.0 Å². The molecule has 6 nitrogen and oxygen atoms in total. The third-order valence-corrected chi connectivity index (χ3v) is 4.74. The molecule has 0 saturated carbocycles. The number of alkyl halides is 3. The van der Waals surface area contributed by atoms with Crippen LogP contribution in [0.25, 0.3) is 16.9 Å². The van der Waals surface area contributed by atoms with E-state index in [0.717, 1.165) is 18.4 Å². The Morgan fingerprint density at radius 1 is 1.07 bits per heavy atom. The first-order chi connectivity index (χ1) is 12.5. The Labute approximate surface area is 157 Å². The number of halogens is 4. The molecular formula is C16H11ClF3N3O3S. The summed E-state index contributed by atoms with van der Waals surface area (Å²) in [5.74, 6) is -0.368. The first kappa shape index (κ1) is 19.2. The maximum absolute atomic E-state index is 12.3. The van der Waals surface area contributed by atoms with Gasteiger partial charge in [-0.15, -0.1) is 13.2 Å². The number of pyridine rings is 1. The van der Waals surface area contributed by atoms with Gasteiger partial charge in [-0.25, -0.2) is 18.4 Å². The number of benzene rings is 1. The zero-order valence-corrected chi connectivity index (χ0v) is 15.2. The third kappa shape index (κ3) is 4.40. The second kappa shape index (κ2) is 6.86. The molecular weight excluding hydrogens is 407 g/mol. The molecule has 0 spiro atoms.